The standard InChI is InChI=1S/C22H25NO5/c1-15(2)17-9-11-18(12-10-17)21(25)28-14-20(24)23-19(22(26)27-3)13-16-7-5-4-6-8-16/h4-12,15,19H,13-14H2,1-3H3,(H,23,24)/t19-/m0/s1. The second-order valence-corrected chi connectivity index (χ2v) is 6.69. The molecule has 1 amide bonds. The minimum absolute atomic E-state index is 0.282. The molecule has 6 nitrogen and oxygen atoms in total. The number of hydrogen-bond acceptors (Lipinski definition) is 5. The molecule has 0 aliphatic carbocycles. The molecule has 1 N–H and O–H groups in total. The Morgan fingerprint density at radius 3 is 2.18 bits per heavy atom. The van der Waals surface area contributed by atoms with Gasteiger partial charge in [0.15, 0.2) is 6.61 Å². The van der Waals surface area contributed by atoms with E-state index in [-0.39, 0.29) is 6.42 Å². The van der Waals surface area contributed by atoms with Gasteiger partial charge >= 0.3 is 11.9 Å². The molecule has 0 aromatic heterocycles. The summed E-state index contributed by atoms with van der Waals surface area (Å²) in [5.74, 6) is -1.37. The Kier molecular flexibility index (Phi) is 7.75. The number of ether oxygens (including phenoxy) is 2. The predicted octanol–water partition coefficient (Wildman–Crippen LogP) is 2.87. The molecular formula is C22H25NO5. The Hall–Kier alpha value is -3.15. The van der Waals surface area contributed by atoms with Crippen molar-refractivity contribution in [2.24, 2.45) is 0 Å². The highest BCUT2D eigenvalue weighted by molar-refractivity contribution is 5.92. The Bertz CT molecular complexity index is 799. The zero-order chi connectivity index (χ0) is 20.5. The van der Waals surface area contributed by atoms with Gasteiger partial charge in [-0.25, -0.2) is 9.59 Å². The molecule has 0 fully saturated rings. The fourth-order valence-corrected chi connectivity index (χ4v) is 2.64. The molecule has 2 rings (SSSR count). The van der Waals surface area contributed by atoms with E-state index in [0.717, 1.165) is 11.1 Å². The van der Waals surface area contributed by atoms with Crippen LogP contribution in [0.1, 0.15) is 41.3 Å². The molecule has 0 radical (unpaired) electrons. The van der Waals surface area contributed by atoms with Crippen molar-refractivity contribution in [1.29, 1.82) is 0 Å². The summed E-state index contributed by atoms with van der Waals surface area (Å²) in [5, 5.41) is 2.56. The number of carbonyl (C=O) groups is 3. The van der Waals surface area contributed by atoms with E-state index < -0.39 is 30.5 Å². The first kappa shape index (κ1) is 21.2. The summed E-state index contributed by atoms with van der Waals surface area (Å²) >= 11 is 0. The number of methoxy groups -OCH3 is 1. The molecule has 0 heterocycles. The second kappa shape index (κ2) is 10.3. The van der Waals surface area contributed by atoms with Gasteiger partial charge in [0, 0.05) is 6.42 Å². The lowest BCUT2D eigenvalue weighted by molar-refractivity contribution is -0.145. The quantitative estimate of drug-likeness (QED) is 0.709. The third-order valence-electron chi connectivity index (χ3n) is 4.25. The maximum absolute atomic E-state index is 12.1. The Balaban J connectivity index is 1.91. The number of amides is 1. The van der Waals surface area contributed by atoms with Crippen molar-refractivity contribution in [3.63, 3.8) is 0 Å². The van der Waals surface area contributed by atoms with Crippen LogP contribution < -0.4 is 5.32 Å². The minimum atomic E-state index is -0.857. The van der Waals surface area contributed by atoms with Crippen LogP contribution in [0.15, 0.2) is 54.6 Å². The fourth-order valence-electron chi connectivity index (χ4n) is 2.64. The molecule has 0 aliphatic rings. The summed E-state index contributed by atoms with van der Waals surface area (Å²) < 4.78 is 9.80. The first-order valence-corrected chi connectivity index (χ1v) is 9.09. The Morgan fingerprint density at radius 1 is 0.964 bits per heavy atom. The molecule has 28 heavy (non-hydrogen) atoms. The van der Waals surface area contributed by atoms with Gasteiger partial charge in [-0.3, -0.25) is 4.79 Å². The van der Waals surface area contributed by atoms with Gasteiger partial charge in [0.1, 0.15) is 6.04 Å². The Morgan fingerprint density at radius 2 is 1.61 bits per heavy atom. The average Bonchev–Trinajstić information content (AvgIpc) is 2.71. The molecule has 0 unspecified atom stereocenters. The molecule has 0 spiro atoms. The van der Waals surface area contributed by atoms with Crippen molar-refractivity contribution in [3.05, 3.63) is 71.3 Å². The van der Waals surface area contributed by atoms with E-state index in [1.807, 2.05) is 42.5 Å². The monoisotopic (exact) mass is 383 g/mol. The van der Waals surface area contributed by atoms with Crippen molar-refractivity contribution in [2.75, 3.05) is 13.7 Å². The van der Waals surface area contributed by atoms with Gasteiger partial charge in [-0.1, -0.05) is 56.3 Å². The van der Waals surface area contributed by atoms with E-state index >= 15 is 0 Å². The van der Waals surface area contributed by atoms with E-state index in [1.165, 1.54) is 7.11 Å². The smallest absolute Gasteiger partial charge is 0.338 e. The predicted molar refractivity (Wildman–Crippen MR) is 105 cm³/mol. The molecule has 0 aliphatic heterocycles. The number of benzene rings is 2. The van der Waals surface area contributed by atoms with Crippen LogP contribution in [0, 0.1) is 0 Å². The lowest BCUT2D eigenvalue weighted by Gasteiger charge is -2.16. The molecular weight excluding hydrogens is 358 g/mol. The minimum Gasteiger partial charge on any atom is -0.467 e. The maximum atomic E-state index is 12.1. The topological polar surface area (TPSA) is 81.7 Å². The van der Waals surface area contributed by atoms with Crippen LogP contribution in [0.3, 0.4) is 0 Å². The highest BCUT2D eigenvalue weighted by Gasteiger charge is 2.22. The van der Waals surface area contributed by atoms with E-state index in [4.69, 9.17) is 9.47 Å². The van der Waals surface area contributed by atoms with Gasteiger partial charge in [-0.15, -0.1) is 0 Å². The number of nitrogens with one attached hydrogen (secondary N) is 1. The van der Waals surface area contributed by atoms with Crippen molar-refractivity contribution in [3.8, 4) is 0 Å². The highest BCUT2D eigenvalue weighted by Crippen LogP contribution is 2.15. The lowest BCUT2D eigenvalue weighted by atomic mass is 10.0. The molecule has 0 saturated carbocycles. The molecule has 2 aromatic carbocycles. The van der Waals surface area contributed by atoms with Crippen LogP contribution in [0.5, 0.6) is 0 Å². The normalized spacial score (nSPS) is 11.6. The van der Waals surface area contributed by atoms with E-state index in [0.29, 0.717) is 11.5 Å². The van der Waals surface area contributed by atoms with Crippen LogP contribution in [0.4, 0.5) is 0 Å². The SMILES string of the molecule is COC(=O)[C@H](Cc1ccccc1)NC(=O)COC(=O)c1ccc(C(C)C)cc1. The highest BCUT2D eigenvalue weighted by atomic mass is 16.5. The summed E-state index contributed by atoms with van der Waals surface area (Å²) in [6.45, 7) is 3.64. The number of rotatable bonds is 8. The second-order valence-electron chi connectivity index (χ2n) is 6.69. The first-order valence-electron chi connectivity index (χ1n) is 9.09. The molecule has 1 atom stereocenters. The Labute approximate surface area is 164 Å². The van der Waals surface area contributed by atoms with Gasteiger partial charge in [0.05, 0.1) is 12.7 Å². The van der Waals surface area contributed by atoms with Crippen LogP contribution in [-0.4, -0.2) is 37.6 Å². The summed E-state index contributed by atoms with van der Waals surface area (Å²) in [6, 6.07) is 15.4. The van der Waals surface area contributed by atoms with Gasteiger partial charge in [-0.2, -0.15) is 0 Å². The zero-order valence-electron chi connectivity index (χ0n) is 16.3. The molecule has 2 aromatic rings. The van der Waals surface area contributed by atoms with Crippen LogP contribution in [-0.2, 0) is 25.5 Å². The van der Waals surface area contributed by atoms with Gasteiger partial charge in [-0.05, 0) is 29.2 Å². The van der Waals surface area contributed by atoms with E-state index in [1.54, 1.807) is 12.1 Å². The average molecular weight is 383 g/mol. The molecule has 6 heteroatoms. The number of carbonyl (C=O) groups excluding carboxylic acids is 3. The van der Waals surface area contributed by atoms with Crippen LogP contribution in [0.25, 0.3) is 0 Å². The van der Waals surface area contributed by atoms with Gasteiger partial charge in [0.2, 0.25) is 0 Å². The third-order valence-corrected chi connectivity index (χ3v) is 4.25. The first-order chi connectivity index (χ1) is 13.4. The van der Waals surface area contributed by atoms with E-state index in [2.05, 4.69) is 19.2 Å². The molecule has 0 bridgehead atoms. The van der Waals surface area contributed by atoms with Gasteiger partial charge < -0.3 is 14.8 Å². The van der Waals surface area contributed by atoms with Crippen molar-refractivity contribution < 1.29 is 23.9 Å². The lowest BCUT2D eigenvalue weighted by Crippen LogP contribution is -2.44. The number of esters is 2. The third kappa shape index (κ3) is 6.23. The molecule has 0 saturated heterocycles. The summed E-state index contributed by atoms with van der Waals surface area (Å²) in [4.78, 5) is 36.2. The fraction of sp³-hybridized carbons (Fsp3) is 0.318. The molecule has 148 valence electrons. The van der Waals surface area contributed by atoms with Crippen molar-refractivity contribution >= 4 is 17.8 Å². The maximum Gasteiger partial charge on any atom is 0.338 e. The van der Waals surface area contributed by atoms with Crippen LogP contribution >= 0.6 is 0 Å². The largest absolute Gasteiger partial charge is 0.467 e. The zero-order valence-corrected chi connectivity index (χ0v) is 16.3. The number of hydrogen-bond donors (Lipinski definition) is 1. The summed E-state index contributed by atoms with van der Waals surface area (Å²) in [5.41, 5.74) is 2.35. The summed E-state index contributed by atoms with van der Waals surface area (Å²) in [6.07, 6.45) is 0.282. The van der Waals surface area contributed by atoms with Gasteiger partial charge in [0.25, 0.3) is 5.91 Å². The van der Waals surface area contributed by atoms with Crippen molar-refractivity contribution in [2.45, 2.75) is 32.2 Å². The van der Waals surface area contributed by atoms with Crippen molar-refractivity contribution in [1.82, 2.24) is 5.32 Å². The van der Waals surface area contributed by atoms with Crippen LogP contribution in [0.2, 0.25) is 0 Å². The summed E-state index contributed by atoms with van der Waals surface area (Å²) in [7, 11) is 1.26. The van der Waals surface area contributed by atoms with E-state index in [9.17, 15) is 14.4 Å².